The van der Waals surface area contributed by atoms with Gasteiger partial charge in [0.1, 0.15) is 5.75 Å². The van der Waals surface area contributed by atoms with Crippen molar-refractivity contribution < 1.29 is 14.3 Å². The van der Waals surface area contributed by atoms with Gasteiger partial charge in [-0.2, -0.15) is 0 Å². The lowest BCUT2D eigenvalue weighted by atomic mass is 10.1. The third-order valence-corrected chi connectivity index (χ3v) is 3.62. The van der Waals surface area contributed by atoms with Gasteiger partial charge in [-0.15, -0.1) is 0 Å². The molecule has 1 heterocycles. The SMILES string of the molecule is COC(=O)c1ccc2c3cccc(OC)c3n(C)c2c1. The highest BCUT2D eigenvalue weighted by atomic mass is 16.5. The monoisotopic (exact) mass is 269 g/mol. The summed E-state index contributed by atoms with van der Waals surface area (Å²) in [6, 6.07) is 11.5. The highest BCUT2D eigenvalue weighted by Crippen LogP contribution is 2.34. The van der Waals surface area contributed by atoms with Crippen molar-refractivity contribution in [3.63, 3.8) is 0 Å². The van der Waals surface area contributed by atoms with E-state index in [4.69, 9.17) is 9.47 Å². The van der Waals surface area contributed by atoms with E-state index in [-0.39, 0.29) is 5.97 Å². The predicted octanol–water partition coefficient (Wildman–Crippen LogP) is 3.13. The molecule has 0 N–H and O–H groups in total. The zero-order valence-electron chi connectivity index (χ0n) is 11.6. The van der Waals surface area contributed by atoms with Crippen molar-refractivity contribution in [2.24, 2.45) is 7.05 Å². The van der Waals surface area contributed by atoms with Crippen molar-refractivity contribution >= 4 is 27.8 Å². The molecule has 0 saturated carbocycles. The van der Waals surface area contributed by atoms with Crippen LogP contribution in [0.3, 0.4) is 0 Å². The molecular weight excluding hydrogens is 254 g/mol. The summed E-state index contributed by atoms with van der Waals surface area (Å²) in [7, 11) is 5.01. The Kier molecular flexibility index (Phi) is 2.86. The fraction of sp³-hybridized carbons (Fsp3) is 0.188. The van der Waals surface area contributed by atoms with Gasteiger partial charge in [0.2, 0.25) is 0 Å². The van der Waals surface area contributed by atoms with E-state index >= 15 is 0 Å². The number of carbonyl (C=O) groups is 1. The van der Waals surface area contributed by atoms with Gasteiger partial charge >= 0.3 is 5.97 Å². The Labute approximate surface area is 116 Å². The lowest BCUT2D eigenvalue weighted by Gasteiger charge is -2.04. The number of methoxy groups -OCH3 is 2. The van der Waals surface area contributed by atoms with Gasteiger partial charge in [-0.05, 0) is 18.2 Å². The van der Waals surface area contributed by atoms with Gasteiger partial charge in [0, 0.05) is 23.3 Å². The predicted molar refractivity (Wildman–Crippen MR) is 78.3 cm³/mol. The van der Waals surface area contributed by atoms with Crippen molar-refractivity contribution in [3.8, 4) is 5.75 Å². The maximum atomic E-state index is 11.7. The molecule has 4 nitrogen and oxygen atoms in total. The molecule has 0 bridgehead atoms. The first-order valence-electron chi connectivity index (χ1n) is 6.31. The molecule has 0 radical (unpaired) electrons. The highest BCUT2D eigenvalue weighted by molar-refractivity contribution is 6.11. The summed E-state index contributed by atoms with van der Waals surface area (Å²) in [6.45, 7) is 0. The number of hydrogen-bond donors (Lipinski definition) is 0. The molecule has 0 aliphatic rings. The number of para-hydroxylation sites is 1. The Morgan fingerprint density at radius 3 is 2.60 bits per heavy atom. The van der Waals surface area contributed by atoms with Crippen LogP contribution in [0.15, 0.2) is 36.4 Å². The van der Waals surface area contributed by atoms with Gasteiger partial charge in [-0.1, -0.05) is 18.2 Å². The van der Waals surface area contributed by atoms with Crippen LogP contribution < -0.4 is 4.74 Å². The number of nitrogens with zero attached hydrogens (tertiary/aromatic N) is 1. The molecule has 20 heavy (non-hydrogen) atoms. The molecule has 0 aliphatic heterocycles. The minimum atomic E-state index is -0.330. The van der Waals surface area contributed by atoms with E-state index in [1.165, 1.54) is 7.11 Å². The second kappa shape index (κ2) is 4.56. The summed E-state index contributed by atoms with van der Waals surface area (Å²) in [5.41, 5.74) is 2.55. The molecule has 0 fully saturated rings. The zero-order chi connectivity index (χ0) is 14.3. The number of esters is 1. The van der Waals surface area contributed by atoms with Crippen LogP contribution in [0.1, 0.15) is 10.4 Å². The summed E-state index contributed by atoms with van der Waals surface area (Å²) in [4.78, 5) is 11.7. The van der Waals surface area contributed by atoms with Crippen LogP contribution in [0.2, 0.25) is 0 Å². The number of fused-ring (bicyclic) bond motifs is 3. The van der Waals surface area contributed by atoms with Crippen LogP contribution in [0.5, 0.6) is 5.75 Å². The van der Waals surface area contributed by atoms with Crippen molar-refractivity contribution in [2.45, 2.75) is 0 Å². The van der Waals surface area contributed by atoms with Crippen LogP contribution in [0.4, 0.5) is 0 Å². The number of aromatic nitrogens is 1. The summed E-state index contributed by atoms with van der Waals surface area (Å²) in [5, 5.41) is 2.20. The Bertz CT molecular complexity index is 817. The second-order valence-electron chi connectivity index (χ2n) is 4.64. The molecule has 1 aromatic heterocycles. The van der Waals surface area contributed by atoms with Crippen LogP contribution in [0, 0.1) is 0 Å². The zero-order valence-corrected chi connectivity index (χ0v) is 11.6. The first-order valence-corrected chi connectivity index (χ1v) is 6.31. The summed E-state index contributed by atoms with van der Waals surface area (Å²) in [6.07, 6.45) is 0. The molecule has 0 unspecified atom stereocenters. The fourth-order valence-electron chi connectivity index (χ4n) is 2.65. The molecule has 3 aromatic rings. The molecule has 0 spiro atoms. The molecule has 102 valence electrons. The maximum Gasteiger partial charge on any atom is 0.337 e. The molecular formula is C16H15NO3. The summed E-state index contributed by atoms with van der Waals surface area (Å²) >= 11 is 0. The number of rotatable bonds is 2. The quantitative estimate of drug-likeness (QED) is 0.671. The number of benzene rings is 2. The fourth-order valence-corrected chi connectivity index (χ4v) is 2.65. The van der Waals surface area contributed by atoms with Gasteiger partial charge in [0.05, 0.1) is 25.3 Å². The van der Waals surface area contributed by atoms with Crippen molar-refractivity contribution in [1.29, 1.82) is 0 Å². The molecule has 0 amide bonds. The van der Waals surface area contributed by atoms with E-state index in [9.17, 15) is 4.79 Å². The van der Waals surface area contributed by atoms with Crippen LogP contribution >= 0.6 is 0 Å². The van der Waals surface area contributed by atoms with Crippen LogP contribution in [-0.4, -0.2) is 24.8 Å². The van der Waals surface area contributed by atoms with E-state index in [2.05, 4.69) is 6.07 Å². The van der Waals surface area contributed by atoms with Crippen molar-refractivity contribution in [2.75, 3.05) is 14.2 Å². The molecule has 4 heteroatoms. The van der Waals surface area contributed by atoms with Crippen molar-refractivity contribution in [3.05, 3.63) is 42.0 Å². The normalized spacial score (nSPS) is 10.9. The Balaban J connectivity index is 2.39. The van der Waals surface area contributed by atoms with Crippen LogP contribution in [-0.2, 0) is 11.8 Å². The Hall–Kier alpha value is -2.49. The highest BCUT2D eigenvalue weighted by Gasteiger charge is 2.14. The van der Waals surface area contributed by atoms with Gasteiger partial charge in [-0.25, -0.2) is 4.79 Å². The first-order chi connectivity index (χ1) is 9.67. The lowest BCUT2D eigenvalue weighted by molar-refractivity contribution is 0.0601. The maximum absolute atomic E-state index is 11.7. The van der Waals surface area contributed by atoms with E-state index in [1.807, 2.05) is 35.9 Å². The Morgan fingerprint density at radius 2 is 1.90 bits per heavy atom. The Morgan fingerprint density at radius 1 is 1.10 bits per heavy atom. The summed E-state index contributed by atoms with van der Waals surface area (Å²) in [5.74, 6) is 0.491. The third kappa shape index (κ3) is 1.65. The second-order valence-corrected chi connectivity index (χ2v) is 4.64. The number of ether oxygens (including phenoxy) is 2. The van der Waals surface area contributed by atoms with Crippen LogP contribution in [0.25, 0.3) is 21.8 Å². The molecule has 0 saturated heterocycles. The molecule has 3 rings (SSSR count). The van der Waals surface area contributed by atoms with E-state index < -0.39 is 0 Å². The minimum Gasteiger partial charge on any atom is -0.495 e. The number of carbonyl (C=O) groups excluding carboxylic acids is 1. The summed E-state index contributed by atoms with van der Waals surface area (Å²) < 4.78 is 12.2. The molecule has 2 aromatic carbocycles. The average Bonchev–Trinajstić information content (AvgIpc) is 2.79. The largest absolute Gasteiger partial charge is 0.495 e. The smallest absolute Gasteiger partial charge is 0.337 e. The minimum absolute atomic E-state index is 0.330. The standard InChI is InChI=1S/C16H15NO3/c1-17-13-9-10(16(18)20-3)7-8-11(13)12-5-4-6-14(19-2)15(12)17/h4-9H,1-3H3. The number of aryl methyl sites for hydroxylation is 1. The first kappa shape index (κ1) is 12.5. The van der Waals surface area contributed by atoms with E-state index in [0.717, 1.165) is 27.6 Å². The van der Waals surface area contributed by atoms with Gasteiger partial charge in [-0.3, -0.25) is 0 Å². The van der Waals surface area contributed by atoms with E-state index in [0.29, 0.717) is 5.56 Å². The van der Waals surface area contributed by atoms with Crippen molar-refractivity contribution in [1.82, 2.24) is 4.57 Å². The molecule has 0 atom stereocenters. The molecule has 0 aliphatic carbocycles. The van der Waals surface area contributed by atoms with Gasteiger partial charge in [0.25, 0.3) is 0 Å². The van der Waals surface area contributed by atoms with Gasteiger partial charge < -0.3 is 14.0 Å². The van der Waals surface area contributed by atoms with Gasteiger partial charge in [0.15, 0.2) is 0 Å². The topological polar surface area (TPSA) is 40.5 Å². The van der Waals surface area contributed by atoms with E-state index in [1.54, 1.807) is 13.2 Å². The average molecular weight is 269 g/mol. The third-order valence-electron chi connectivity index (χ3n) is 3.62. The number of hydrogen-bond acceptors (Lipinski definition) is 3. The lowest BCUT2D eigenvalue weighted by Crippen LogP contribution is -2.01.